The van der Waals surface area contributed by atoms with E-state index in [1.165, 1.54) is 49.0 Å². The summed E-state index contributed by atoms with van der Waals surface area (Å²) in [5.41, 5.74) is 10.5. The summed E-state index contributed by atoms with van der Waals surface area (Å²) in [5, 5.41) is 8.51. The second kappa shape index (κ2) is 11.9. The van der Waals surface area contributed by atoms with Gasteiger partial charge in [0, 0.05) is 37.7 Å². The van der Waals surface area contributed by atoms with Gasteiger partial charge < -0.3 is 0 Å². The zero-order chi connectivity index (χ0) is 37.9. The maximum Gasteiger partial charge on any atom is 0.140 e. The second-order valence-corrected chi connectivity index (χ2v) is 15.3. The van der Waals surface area contributed by atoms with E-state index in [4.69, 9.17) is 9.97 Å². The first kappa shape index (κ1) is 31.5. The van der Waals surface area contributed by atoms with Gasteiger partial charge in [0.05, 0.1) is 44.3 Å². The summed E-state index contributed by atoms with van der Waals surface area (Å²) >= 11 is 0. The summed E-state index contributed by atoms with van der Waals surface area (Å²) in [5.74, 6) is 3.52. The fourth-order valence-electron chi connectivity index (χ4n) is 9.90. The Hall–Kier alpha value is -7.70. The van der Waals surface area contributed by atoms with Gasteiger partial charge in [0.15, 0.2) is 0 Å². The first-order valence-corrected chi connectivity index (χ1v) is 20.0. The van der Waals surface area contributed by atoms with Crippen LogP contribution in [0, 0.1) is 0 Å². The van der Waals surface area contributed by atoms with Crippen LogP contribution in [0.3, 0.4) is 0 Å². The highest BCUT2D eigenvalue weighted by atomic mass is 15.2. The molecule has 0 atom stereocenters. The van der Waals surface area contributed by atoms with Crippen LogP contribution >= 0.6 is 0 Å². The molecular formula is C52H34N6. The highest BCUT2D eigenvalue weighted by Gasteiger charge is 2.26. The molecule has 0 fully saturated rings. The SMILES string of the molecule is C1=Cc2c(c3ccc4c5ccccc5n(-c5cccc(-n6c7ccccc7c7ccccc76)n5)c4c3n2-c2cccc(-n3c4ccccc4c4ccccc43)n2)CC1. The number of allylic oxidation sites excluding steroid dienone is 1. The van der Waals surface area contributed by atoms with Crippen LogP contribution in [0.1, 0.15) is 17.7 Å². The molecule has 0 N–H and O–H groups in total. The Morgan fingerprint density at radius 2 is 0.707 bits per heavy atom. The molecule has 0 saturated heterocycles. The number of nitrogens with zero attached hydrogens (tertiary/aromatic N) is 6. The maximum atomic E-state index is 5.55. The number of aromatic nitrogens is 6. The number of pyridine rings is 2. The van der Waals surface area contributed by atoms with Crippen LogP contribution < -0.4 is 0 Å². The Balaban J connectivity index is 1.11. The van der Waals surface area contributed by atoms with Gasteiger partial charge in [-0.3, -0.25) is 18.3 Å². The molecule has 0 unspecified atom stereocenters. The Morgan fingerprint density at radius 3 is 1.21 bits per heavy atom. The summed E-state index contributed by atoms with van der Waals surface area (Å²) < 4.78 is 9.39. The van der Waals surface area contributed by atoms with Crippen molar-refractivity contribution in [3.05, 3.63) is 187 Å². The minimum atomic E-state index is 0.867. The second-order valence-electron chi connectivity index (χ2n) is 15.3. The molecule has 0 spiro atoms. The van der Waals surface area contributed by atoms with E-state index in [0.717, 1.165) is 74.7 Å². The average molecular weight is 743 g/mol. The molecule has 0 saturated carbocycles. The summed E-state index contributed by atoms with van der Waals surface area (Å²) in [6.45, 7) is 0. The van der Waals surface area contributed by atoms with Crippen molar-refractivity contribution in [2.45, 2.75) is 12.8 Å². The van der Waals surface area contributed by atoms with Gasteiger partial charge in [0.25, 0.3) is 0 Å². The van der Waals surface area contributed by atoms with Crippen molar-refractivity contribution in [1.82, 2.24) is 28.2 Å². The zero-order valence-corrected chi connectivity index (χ0v) is 31.4. The largest absolute Gasteiger partial charge is 0.294 e. The number of para-hydroxylation sites is 5. The third-order valence-electron chi connectivity index (χ3n) is 12.3. The molecule has 0 bridgehead atoms. The third-order valence-corrected chi connectivity index (χ3v) is 12.3. The van der Waals surface area contributed by atoms with Crippen LogP contribution in [0.2, 0.25) is 0 Å². The third kappa shape index (κ3) is 4.26. The van der Waals surface area contributed by atoms with E-state index in [0.29, 0.717) is 0 Å². The molecular weight excluding hydrogens is 709 g/mol. The van der Waals surface area contributed by atoms with Crippen molar-refractivity contribution in [1.29, 1.82) is 0 Å². The van der Waals surface area contributed by atoms with Gasteiger partial charge in [0.2, 0.25) is 0 Å². The lowest BCUT2D eigenvalue weighted by Gasteiger charge is -2.15. The van der Waals surface area contributed by atoms with Crippen LogP contribution in [-0.4, -0.2) is 28.2 Å². The topological polar surface area (TPSA) is 45.5 Å². The number of fused-ring (bicyclic) bond motifs is 13. The molecule has 6 aromatic carbocycles. The highest BCUT2D eigenvalue weighted by Crippen LogP contribution is 2.43. The van der Waals surface area contributed by atoms with Gasteiger partial charge in [0.1, 0.15) is 23.3 Å². The van der Waals surface area contributed by atoms with Crippen molar-refractivity contribution in [3.8, 4) is 23.3 Å². The zero-order valence-electron chi connectivity index (χ0n) is 31.4. The van der Waals surface area contributed by atoms with Crippen molar-refractivity contribution in [2.75, 3.05) is 0 Å². The molecule has 6 heteroatoms. The quantitative estimate of drug-likeness (QED) is 0.180. The molecule has 6 aromatic heterocycles. The first-order chi connectivity index (χ1) is 28.8. The van der Waals surface area contributed by atoms with Crippen molar-refractivity contribution in [3.63, 3.8) is 0 Å². The van der Waals surface area contributed by atoms with Crippen LogP contribution in [-0.2, 0) is 6.42 Å². The van der Waals surface area contributed by atoms with E-state index in [2.05, 4.69) is 200 Å². The van der Waals surface area contributed by atoms with Crippen LogP contribution in [0.4, 0.5) is 0 Å². The predicted molar refractivity (Wildman–Crippen MR) is 239 cm³/mol. The summed E-state index contributed by atoms with van der Waals surface area (Å²) in [4.78, 5) is 11.1. The number of hydrogen-bond donors (Lipinski definition) is 0. The standard InChI is InChI=1S/C52H34N6/c1-7-21-41-33(15-1)34-16-2-8-22-42(34)55(41)47-27-13-29-49(53-47)57-45-25-11-5-19-37(45)39-31-32-40-38-20-6-12-26-46(38)58(52(40)51(39)57)50-30-14-28-48(54-50)56-43-23-9-3-17-35(43)36-18-4-10-24-44(36)56/h1-5,7-19,21-32H,6,20H2. The summed E-state index contributed by atoms with van der Waals surface area (Å²) in [7, 11) is 0. The van der Waals surface area contributed by atoms with Gasteiger partial charge in [-0.2, -0.15) is 0 Å². The molecule has 0 aliphatic heterocycles. The summed E-state index contributed by atoms with van der Waals surface area (Å²) in [6.07, 6.45) is 6.57. The normalized spacial score (nSPS) is 13.0. The molecule has 13 rings (SSSR count). The Morgan fingerprint density at radius 1 is 0.328 bits per heavy atom. The average Bonchev–Trinajstić information content (AvgIpc) is 4.02. The highest BCUT2D eigenvalue weighted by molar-refractivity contribution is 6.19. The molecule has 1 aliphatic carbocycles. The van der Waals surface area contributed by atoms with Crippen LogP contribution in [0.5, 0.6) is 0 Å². The Kier molecular flexibility index (Phi) is 6.46. The van der Waals surface area contributed by atoms with Crippen molar-refractivity contribution >= 4 is 82.4 Å². The fourth-order valence-corrected chi connectivity index (χ4v) is 9.90. The van der Waals surface area contributed by atoms with Gasteiger partial charge in [-0.1, -0.05) is 121 Å². The van der Waals surface area contributed by atoms with E-state index in [-0.39, 0.29) is 0 Å². The summed E-state index contributed by atoms with van der Waals surface area (Å²) in [6, 6.07) is 60.8. The first-order valence-electron chi connectivity index (χ1n) is 20.0. The van der Waals surface area contributed by atoms with E-state index in [9.17, 15) is 0 Å². The molecule has 12 aromatic rings. The lowest BCUT2D eigenvalue weighted by atomic mass is 10.00. The van der Waals surface area contributed by atoms with E-state index in [1.807, 2.05) is 0 Å². The molecule has 6 heterocycles. The number of rotatable bonds is 4. The van der Waals surface area contributed by atoms with Gasteiger partial charge in [-0.15, -0.1) is 0 Å². The minimum Gasteiger partial charge on any atom is -0.294 e. The monoisotopic (exact) mass is 742 g/mol. The number of benzene rings is 6. The molecule has 1 aliphatic rings. The molecule has 58 heavy (non-hydrogen) atoms. The Labute approximate surface area is 332 Å². The van der Waals surface area contributed by atoms with Crippen molar-refractivity contribution in [2.24, 2.45) is 0 Å². The smallest absolute Gasteiger partial charge is 0.140 e. The van der Waals surface area contributed by atoms with Gasteiger partial charge >= 0.3 is 0 Å². The van der Waals surface area contributed by atoms with Gasteiger partial charge in [-0.05, 0) is 79.1 Å². The van der Waals surface area contributed by atoms with E-state index >= 15 is 0 Å². The predicted octanol–water partition coefficient (Wildman–Crippen LogP) is 12.7. The maximum absolute atomic E-state index is 5.55. The lowest BCUT2D eigenvalue weighted by Crippen LogP contribution is -2.07. The Bertz CT molecular complexity index is 3590. The molecule has 272 valence electrons. The van der Waals surface area contributed by atoms with E-state index < -0.39 is 0 Å². The lowest BCUT2D eigenvalue weighted by molar-refractivity contribution is 0.940. The van der Waals surface area contributed by atoms with Crippen molar-refractivity contribution < 1.29 is 0 Å². The molecule has 0 amide bonds. The fraction of sp³-hybridized carbons (Fsp3) is 0.0385. The van der Waals surface area contributed by atoms with E-state index in [1.54, 1.807) is 0 Å². The van der Waals surface area contributed by atoms with Crippen LogP contribution in [0.15, 0.2) is 176 Å². The number of aryl methyl sites for hydroxylation is 1. The minimum absolute atomic E-state index is 0.867. The van der Waals surface area contributed by atoms with Crippen LogP contribution in [0.25, 0.3) is 106 Å². The molecule has 0 radical (unpaired) electrons. The number of hydrogen-bond acceptors (Lipinski definition) is 2. The molecule has 6 nitrogen and oxygen atoms in total. The van der Waals surface area contributed by atoms with Gasteiger partial charge in [-0.25, -0.2) is 9.97 Å².